The zero-order chi connectivity index (χ0) is 24.7. The number of rotatable bonds is 11. The molecule has 1 aliphatic rings. The molecule has 8 heteroatoms. The summed E-state index contributed by atoms with van der Waals surface area (Å²) in [5.74, 6) is -1.65. The second-order valence-electron chi connectivity index (χ2n) is 8.87. The summed E-state index contributed by atoms with van der Waals surface area (Å²) in [4.78, 5) is 36.4. The van der Waals surface area contributed by atoms with E-state index >= 15 is 0 Å². The van der Waals surface area contributed by atoms with Crippen LogP contribution >= 0.6 is 0 Å². The Balaban J connectivity index is 1.63. The van der Waals surface area contributed by atoms with E-state index in [1.807, 2.05) is 69.3 Å². The summed E-state index contributed by atoms with van der Waals surface area (Å²) in [6, 6.07) is 14.9. The molecule has 3 rings (SSSR count). The lowest BCUT2D eigenvalue weighted by molar-refractivity contribution is -0.137. The third-order valence-corrected chi connectivity index (χ3v) is 5.82. The quantitative estimate of drug-likeness (QED) is 0.464. The zero-order valence-corrected chi connectivity index (χ0v) is 19.8. The molecular formula is C26H32N2O6. The molecule has 1 aliphatic carbocycles. The molecule has 1 unspecified atom stereocenters. The normalized spacial score (nSPS) is 13.5. The van der Waals surface area contributed by atoms with E-state index < -0.39 is 29.6 Å². The van der Waals surface area contributed by atoms with Crippen LogP contribution in [-0.4, -0.2) is 54.5 Å². The lowest BCUT2D eigenvalue weighted by Gasteiger charge is -2.26. The molecule has 0 saturated heterocycles. The molecule has 0 fully saturated rings. The molecule has 0 aromatic heterocycles. The number of carboxylic acids is 1. The second kappa shape index (κ2) is 11.2. The Hall–Kier alpha value is -3.39. The number of benzene rings is 2. The summed E-state index contributed by atoms with van der Waals surface area (Å²) in [7, 11) is 0. The first-order chi connectivity index (χ1) is 16.2. The van der Waals surface area contributed by atoms with Gasteiger partial charge in [-0.15, -0.1) is 0 Å². The fraction of sp³-hybridized carbons (Fsp3) is 0.423. The maximum atomic E-state index is 12.7. The van der Waals surface area contributed by atoms with Crippen LogP contribution in [0.2, 0.25) is 0 Å². The molecule has 8 nitrogen and oxygen atoms in total. The van der Waals surface area contributed by atoms with Crippen molar-refractivity contribution in [3.8, 4) is 11.1 Å². The Kier molecular flexibility index (Phi) is 8.28. The molecule has 1 atom stereocenters. The molecule has 34 heavy (non-hydrogen) atoms. The van der Waals surface area contributed by atoms with Gasteiger partial charge in [0.1, 0.15) is 12.6 Å². The average Bonchev–Trinajstić information content (AvgIpc) is 3.12. The van der Waals surface area contributed by atoms with E-state index in [0.717, 1.165) is 22.3 Å². The second-order valence-corrected chi connectivity index (χ2v) is 8.87. The van der Waals surface area contributed by atoms with Crippen molar-refractivity contribution >= 4 is 18.0 Å². The Morgan fingerprint density at radius 1 is 1.03 bits per heavy atom. The van der Waals surface area contributed by atoms with Gasteiger partial charge in [0.25, 0.3) is 0 Å². The van der Waals surface area contributed by atoms with E-state index in [-0.39, 0.29) is 31.9 Å². The Bertz CT molecular complexity index is 990. The average molecular weight is 469 g/mol. The first-order valence-corrected chi connectivity index (χ1v) is 11.5. The molecule has 0 radical (unpaired) electrons. The van der Waals surface area contributed by atoms with Crippen molar-refractivity contribution in [3.63, 3.8) is 0 Å². The summed E-state index contributed by atoms with van der Waals surface area (Å²) >= 11 is 0. The first-order valence-electron chi connectivity index (χ1n) is 11.5. The molecule has 3 N–H and O–H groups in total. The number of nitrogens with one attached hydrogen (secondary N) is 2. The van der Waals surface area contributed by atoms with Crippen molar-refractivity contribution < 1.29 is 29.0 Å². The van der Waals surface area contributed by atoms with Crippen molar-refractivity contribution in [2.75, 3.05) is 19.8 Å². The molecule has 0 saturated carbocycles. The van der Waals surface area contributed by atoms with Gasteiger partial charge in [-0.05, 0) is 49.4 Å². The summed E-state index contributed by atoms with van der Waals surface area (Å²) in [5.41, 5.74) is 3.79. The standard InChI is InChI=1S/C26H32N2O6/c1-4-34-26(2,3)16-27-24(31)22(13-14-23(29)30)28-25(32)33-15-21-19-11-7-5-9-17(19)18-10-6-8-12-20(18)21/h5-12,21-22H,4,13-16H2,1-3H3,(H,27,31)(H,28,32)(H,29,30). The van der Waals surface area contributed by atoms with E-state index in [1.54, 1.807) is 0 Å². The van der Waals surface area contributed by atoms with Gasteiger partial charge in [0.15, 0.2) is 0 Å². The predicted molar refractivity (Wildman–Crippen MR) is 128 cm³/mol. The number of fused-ring (bicyclic) bond motifs is 3. The number of carbonyl (C=O) groups is 3. The molecule has 2 amide bonds. The molecule has 0 heterocycles. The highest BCUT2D eigenvalue weighted by atomic mass is 16.5. The molecular weight excluding hydrogens is 436 g/mol. The highest BCUT2D eigenvalue weighted by Crippen LogP contribution is 2.44. The Morgan fingerprint density at radius 3 is 2.18 bits per heavy atom. The van der Waals surface area contributed by atoms with Crippen molar-refractivity contribution in [1.82, 2.24) is 10.6 Å². The number of amides is 2. The smallest absolute Gasteiger partial charge is 0.407 e. The molecule has 182 valence electrons. The van der Waals surface area contributed by atoms with Crippen LogP contribution in [0.4, 0.5) is 4.79 Å². The number of carboxylic acid groups (broad SMARTS) is 1. The van der Waals surface area contributed by atoms with Crippen molar-refractivity contribution in [2.45, 2.75) is 51.2 Å². The monoisotopic (exact) mass is 468 g/mol. The summed E-state index contributed by atoms with van der Waals surface area (Å²) in [5, 5.41) is 14.3. The van der Waals surface area contributed by atoms with Crippen molar-refractivity contribution in [1.29, 1.82) is 0 Å². The maximum absolute atomic E-state index is 12.7. The summed E-state index contributed by atoms with van der Waals surface area (Å²) in [6.45, 7) is 6.34. The summed E-state index contributed by atoms with van der Waals surface area (Å²) in [6.07, 6.45) is -1.09. The molecule has 2 aromatic carbocycles. The van der Waals surface area contributed by atoms with Gasteiger partial charge in [0.2, 0.25) is 5.91 Å². The fourth-order valence-electron chi connectivity index (χ4n) is 4.18. The molecule has 0 bridgehead atoms. The minimum absolute atomic E-state index is 0.0551. The number of hydrogen-bond donors (Lipinski definition) is 3. The number of carbonyl (C=O) groups excluding carboxylic acids is 2. The fourth-order valence-corrected chi connectivity index (χ4v) is 4.18. The minimum atomic E-state index is -1.05. The Labute approximate surface area is 199 Å². The molecule has 0 spiro atoms. The van der Waals surface area contributed by atoms with E-state index in [9.17, 15) is 14.4 Å². The van der Waals surface area contributed by atoms with Gasteiger partial charge in [-0.3, -0.25) is 9.59 Å². The van der Waals surface area contributed by atoms with Gasteiger partial charge in [0, 0.05) is 25.5 Å². The summed E-state index contributed by atoms with van der Waals surface area (Å²) < 4.78 is 11.1. The molecule has 0 aliphatic heterocycles. The van der Waals surface area contributed by atoms with E-state index in [0.29, 0.717) is 6.61 Å². The molecule has 2 aromatic rings. The van der Waals surface area contributed by atoms with Crippen LogP contribution in [-0.2, 0) is 19.1 Å². The predicted octanol–water partition coefficient (Wildman–Crippen LogP) is 3.69. The SMILES string of the molecule is CCOC(C)(C)CNC(=O)C(CCC(=O)O)NC(=O)OCC1c2ccccc2-c2ccccc21. The number of hydrogen-bond acceptors (Lipinski definition) is 5. The van der Waals surface area contributed by atoms with Gasteiger partial charge in [-0.2, -0.15) is 0 Å². The van der Waals surface area contributed by atoms with Gasteiger partial charge in [-0.1, -0.05) is 48.5 Å². The van der Waals surface area contributed by atoms with Gasteiger partial charge in [-0.25, -0.2) is 4.79 Å². The van der Waals surface area contributed by atoms with Crippen LogP contribution in [0.25, 0.3) is 11.1 Å². The number of alkyl carbamates (subject to hydrolysis) is 1. The van der Waals surface area contributed by atoms with E-state index in [4.69, 9.17) is 14.6 Å². The van der Waals surface area contributed by atoms with Crippen molar-refractivity contribution in [2.24, 2.45) is 0 Å². The lowest BCUT2D eigenvalue weighted by atomic mass is 9.98. The van der Waals surface area contributed by atoms with Gasteiger partial charge >= 0.3 is 12.1 Å². The highest BCUT2D eigenvalue weighted by molar-refractivity contribution is 5.86. The first kappa shape index (κ1) is 25.2. The topological polar surface area (TPSA) is 114 Å². The van der Waals surface area contributed by atoms with Crippen LogP contribution in [0.15, 0.2) is 48.5 Å². The zero-order valence-electron chi connectivity index (χ0n) is 19.8. The number of aliphatic carboxylic acids is 1. The van der Waals surface area contributed by atoms with Gasteiger partial charge in [0.05, 0.1) is 5.60 Å². The minimum Gasteiger partial charge on any atom is -0.481 e. The third kappa shape index (κ3) is 6.35. The van der Waals surface area contributed by atoms with Crippen LogP contribution in [0.1, 0.15) is 50.7 Å². The number of ether oxygens (including phenoxy) is 2. The van der Waals surface area contributed by atoms with E-state index in [2.05, 4.69) is 10.6 Å². The van der Waals surface area contributed by atoms with Crippen LogP contribution in [0.5, 0.6) is 0 Å². The maximum Gasteiger partial charge on any atom is 0.407 e. The van der Waals surface area contributed by atoms with Crippen molar-refractivity contribution in [3.05, 3.63) is 59.7 Å². The third-order valence-electron chi connectivity index (χ3n) is 5.82. The Morgan fingerprint density at radius 2 is 1.62 bits per heavy atom. The van der Waals surface area contributed by atoms with Crippen LogP contribution < -0.4 is 10.6 Å². The lowest BCUT2D eigenvalue weighted by Crippen LogP contribution is -2.50. The largest absolute Gasteiger partial charge is 0.481 e. The van der Waals surface area contributed by atoms with Crippen LogP contribution in [0.3, 0.4) is 0 Å². The van der Waals surface area contributed by atoms with Gasteiger partial charge < -0.3 is 25.2 Å². The van der Waals surface area contributed by atoms with E-state index in [1.165, 1.54) is 0 Å². The highest BCUT2D eigenvalue weighted by Gasteiger charge is 2.30. The van der Waals surface area contributed by atoms with Crippen LogP contribution in [0, 0.1) is 0 Å².